The summed E-state index contributed by atoms with van der Waals surface area (Å²) in [4.78, 5) is 15.5. The highest BCUT2D eigenvalue weighted by Gasteiger charge is 2.71. The van der Waals surface area contributed by atoms with Crippen LogP contribution < -0.4 is 0 Å². The van der Waals surface area contributed by atoms with Gasteiger partial charge in [0, 0.05) is 24.5 Å². The molecule has 1 spiro atoms. The minimum Gasteiger partial charge on any atom is -0.319 e. The number of fused-ring (bicyclic) bond motifs is 2. The number of oxime groups is 1. The first kappa shape index (κ1) is 12.2. The van der Waals surface area contributed by atoms with Gasteiger partial charge in [-0.25, -0.2) is 4.79 Å². The molecule has 0 aromatic heterocycles. The Balaban J connectivity index is 1.93. The van der Waals surface area contributed by atoms with Gasteiger partial charge in [0.2, 0.25) is 0 Å². The standard InChI is InChI=1S/C16H17NO2/c1-11(18)19-17-10-14-15(2,3)16(14)9-8-12-6-4-5-7-13(12)16/h4-10,14H,1-3H3/b17-10+/t14-,16+/m1/s1. The van der Waals surface area contributed by atoms with Crippen molar-refractivity contribution in [1.82, 2.24) is 0 Å². The number of hydrogen-bond donors (Lipinski definition) is 0. The molecule has 0 bridgehead atoms. The van der Waals surface area contributed by atoms with E-state index in [9.17, 15) is 4.79 Å². The second kappa shape index (κ2) is 3.80. The fourth-order valence-corrected chi connectivity index (χ4v) is 3.47. The molecule has 2 atom stereocenters. The molecule has 0 heterocycles. The van der Waals surface area contributed by atoms with Crippen LogP contribution >= 0.6 is 0 Å². The molecule has 3 rings (SSSR count). The van der Waals surface area contributed by atoms with Crippen molar-refractivity contribution in [3.8, 4) is 0 Å². The summed E-state index contributed by atoms with van der Waals surface area (Å²) in [6, 6.07) is 8.44. The molecule has 0 aliphatic heterocycles. The van der Waals surface area contributed by atoms with Crippen molar-refractivity contribution in [2.45, 2.75) is 26.2 Å². The Kier molecular flexibility index (Phi) is 2.43. The van der Waals surface area contributed by atoms with E-state index in [2.05, 4.69) is 60.3 Å². The van der Waals surface area contributed by atoms with Crippen LogP contribution in [-0.4, -0.2) is 12.2 Å². The van der Waals surface area contributed by atoms with Crippen molar-refractivity contribution in [2.75, 3.05) is 0 Å². The van der Waals surface area contributed by atoms with Gasteiger partial charge in [0.15, 0.2) is 0 Å². The maximum absolute atomic E-state index is 10.8. The quantitative estimate of drug-likeness (QED) is 0.462. The molecule has 1 aromatic rings. The molecule has 0 unspecified atom stereocenters. The van der Waals surface area contributed by atoms with Crippen LogP contribution in [0.2, 0.25) is 0 Å². The lowest BCUT2D eigenvalue weighted by atomic mass is 9.90. The van der Waals surface area contributed by atoms with E-state index in [4.69, 9.17) is 0 Å². The first-order valence-corrected chi connectivity index (χ1v) is 6.50. The molecule has 19 heavy (non-hydrogen) atoms. The van der Waals surface area contributed by atoms with E-state index in [0.717, 1.165) is 0 Å². The lowest BCUT2D eigenvalue weighted by Crippen LogP contribution is -2.09. The van der Waals surface area contributed by atoms with Gasteiger partial charge >= 0.3 is 5.97 Å². The third kappa shape index (κ3) is 1.51. The van der Waals surface area contributed by atoms with E-state index < -0.39 is 0 Å². The number of hydrogen-bond acceptors (Lipinski definition) is 3. The highest BCUT2D eigenvalue weighted by Crippen LogP contribution is 2.71. The zero-order valence-corrected chi connectivity index (χ0v) is 11.4. The van der Waals surface area contributed by atoms with Crippen LogP contribution in [0.3, 0.4) is 0 Å². The first-order chi connectivity index (χ1) is 9.00. The van der Waals surface area contributed by atoms with E-state index in [0.29, 0.717) is 0 Å². The number of allylic oxidation sites excluding steroid dienone is 1. The minimum absolute atomic E-state index is 0.00718. The van der Waals surface area contributed by atoms with E-state index in [1.54, 1.807) is 6.21 Å². The van der Waals surface area contributed by atoms with Gasteiger partial charge < -0.3 is 4.84 Å². The monoisotopic (exact) mass is 255 g/mol. The third-order valence-corrected chi connectivity index (χ3v) is 4.57. The highest BCUT2D eigenvalue weighted by atomic mass is 16.7. The molecule has 1 fully saturated rings. The Hall–Kier alpha value is -1.90. The van der Waals surface area contributed by atoms with Crippen molar-refractivity contribution in [2.24, 2.45) is 16.5 Å². The number of nitrogens with zero attached hydrogens (tertiary/aromatic N) is 1. The largest absolute Gasteiger partial charge is 0.331 e. The average molecular weight is 255 g/mol. The predicted octanol–water partition coefficient (Wildman–Crippen LogP) is 3.16. The molecule has 0 saturated heterocycles. The molecule has 3 nitrogen and oxygen atoms in total. The molecule has 0 radical (unpaired) electrons. The van der Waals surface area contributed by atoms with E-state index in [1.165, 1.54) is 18.1 Å². The molecule has 0 amide bonds. The molecular formula is C16H17NO2. The van der Waals surface area contributed by atoms with Crippen molar-refractivity contribution in [3.05, 3.63) is 41.5 Å². The van der Waals surface area contributed by atoms with Crippen molar-refractivity contribution in [1.29, 1.82) is 0 Å². The summed E-state index contributed by atoms with van der Waals surface area (Å²) in [5, 5.41) is 3.81. The fraction of sp³-hybridized carbons (Fsp3) is 0.375. The molecule has 2 aliphatic rings. The Labute approximate surface area is 113 Å². The summed E-state index contributed by atoms with van der Waals surface area (Å²) in [7, 11) is 0. The predicted molar refractivity (Wildman–Crippen MR) is 74.7 cm³/mol. The van der Waals surface area contributed by atoms with Gasteiger partial charge in [-0.3, -0.25) is 0 Å². The molecule has 1 aromatic carbocycles. The first-order valence-electron chi connectivity index (χ1n) is 6.50. The molecule has 3 heteroatoms. The molecule has 2 aliphatic carbocycles. The molecule has 0 N–H and O–H groups in total. The normalized spacial score (nSPS) is 29.7. The molecule has 98 valence electrons. The van der Waals surface area contributed by atoms with E-state index in [1.807, 2.05) is 0 Å². The van der Waals surface area contributed by atoms with E-state index >= 15 is 0 Å². The van der Waals surface area contributed by atoms with Crippen LogP contribution in [0.15, 0.2) is 35.5 Å². The Morgan fingerprint density at radius 1 is 1.37 bits per heavy atom. The van der Waals surface area contributed by atoms with Crippen LogP contribution in [0.4, 0.5) is 0 Å². The van der Waals surface area contributed by atoms with Gasteiger partial charge in [-0.05, 0) is 16.5 Å². The second-order valence-electron chi connectivity index (χ2n) is 5.83. The number of carbonyl (C=O) groups is 1. The van der Waals surface area contributed by atoms with Crippen molar-refractivity contribution in [3.63, 3.8) is 0 Å². The number of benzene rings is 1. The van der Waals surface area contributed by atoms with Crippen molar-refractivity contribution >= 4 is 18.3 Å². The van der Waals surface area contributed by atoms with Gasteiger partial charge in [-0.1, -0.05) is 55.4 Å². The molecule has 1 saturated carbocycles. The summed E-state index contributed by atoms with van der Waals surface area (Å²) in [6.45, 7) is 5.81. The van der Waals surface area contributed by atoms with Gasteiger partial charge in [-0.15, -0.1) is 0 Å². The topological polar surface area (TPSA) is 38.7 Å². The second-order valence-corrected chi connectivity index (χ2v) is 5.83. The summed E-state index contributed by atoms with van der Waals surface area (Å²) < 4.78 is 0. The maximum atomic E-state index is 10.8. The fourth-order valence-electron chi connectivity index (χ4n) is 3.47. The lowest BCUT2D eigenvalue weighted by molar-refractivity contribution is -0.140. The van der Waals surface area contributed by atoms with Crippen molar-refractivity contribution < 1.29 is 9.63 Å². The van der Waals surface area contributed by atoms with E-state index in [-0.39, 0.29) is 22.7 Å². The Bertz CT molecular complexity index is 601. The maximum Gasteiger partial charge on any atom is 0.331 e. The third-order valence-electron chi connectivity index (χ3n) is 4.57. The Morgan fingerprint density at radius 2 is 2.11 bits per heavy atom. The van der Waals surface area contributed by atoms with Crippen LogP contribution in [-0.2, 0) is 15.0 Å². The lowest BCUT2D eigenvalue weighted by Gasteiger charge is -2.13. The van der Waals surface area contributed by atoms with Gasteiger partial charge in [0.1, 0.15) is 0 Å². The summed E-state index contributed by atoms with van der Waals surface area (Å²) in [5.41, 5.74) is 2.73. The van der Waals surface area contributed by atoms with Gasteiger partial charge in [0.25, 0.3) is 0 Å². The van der Waals surface area contributed by atoms with Gasteiger partial charge in [-0.2, -0.15) is 0 Å². The molecular weight excluding hydrogens is 238 g/mol. The van der Waals surface area contributed by atoms with Gasteiger partial charge in [0.05, 0.1) is 0 Å². The number of rotatable bonds is 2. The summed E-state index contributed by atoms with van der Waals surface area (Å²) in [5.74, 6) is -0.120. The van der Waals surface area contributed by atoms with Crippen LogP contribution in [0, 0.1) is 11.3 Å². The zero-order valence-electron chi connectivity index (χ0n) is 11.4. The smallest absolute Gasteiger partial charge is 0.319 e. The van der Waals surface area contributed by atoms with Crippen LogP contribution in [0.1, 0.15) is 31.9 Å². The Morgan fingerprint density at radius 3 is 2.84 bits per heavy atom. The summed E-state index contributed by atoms with van der Waals surface area (Å²) in [6.07, 6.45) is 6.21. The SMILES string of the molecule is CC(=O)O/N=C/[C@@H]1C(C)(C)[C@]12C=Cc1ccccc12. The zero-order chi connectivity index (χ0) is 13.7. The number of carbonyl (C=O) groups excluding carboxylic acids is 1. The average Bonchev–Trinajstić information content (AvgIpc) is 2.70. The minimum atomic E-state index is -0.383. The summed E-state index contributed by atoms with van der Waals surface area (Å²) >= 11 is 0. The van der Waals surface area contributed by atoms with Crippen LogP contribution in [0.25, 0.3) is 6.08 Å². The van der Waals surface area contributed by atoms with Crippen LogP contribution in [0.5, 0.6) is 0 Å². The highest BCUT2D eigenvalue weighted by molar-refractivity contribution is 5.81.